The number of anilines is 1. The van der Waals surface area contributed by atoms with Crippen LogP contribution in [0.4, 0.5) is 5.82 Å². The number of fused-ring (bicyclic) bond motifs is 1. The van der Waals surface area contributed by atoms with E-state index in [0.29, 0.717) is 17.1 Å². The number of aromatic nitrogens is 3. The number of amides is 1. The third-order valence-electron chi connectivity index (χ3n) is 5.18. The van der Waals surface area contributed by atoms with Gasteiger partial charge in [-0.05, 0) is 37.3 Å². The van der Waals surface area contributed by atoms with E-state index < -0.39 is 5.91 Å². The average molecular weight is 439 g/mol. The number of nitrogens with zero attached hydrogens (tertiary/aromatic N) is 4. The Bertz CT molecular complexity index is 1400. The van der Waals surface area contributed by atoms with Gasteiger partial charge in [0.1, 0.15) is 17.4 Å². The fourth-order valence-electron chi connectivity index (χ4n) is 3.49. The second kappa shape index (κ2) is 9.32. The molecule has 2 heterocycles. The third-order valence-corrected chi connectivity index (χ3v) is 5.18. The number of nitriles is 1. The van der Waals surface area contributed by atoms with E-state index in [1.807, 2.05) is 49.4 Å². The van der Waals surface area contributed by atoms with Crippen LogP contribution >= 0.6 is 0 Å². The fourth-order valence-corrected chi connectivity index (χ4v) is 3.49. The molecule has 0 fully saturated rings. The molecule has 0 unspecified atom stereocenters. The number of benzene rings is 2. The Morgan fingerprint density at radius 1 is 1.12 bits per heavy atom. The van der Waals surface area contributed by atoms with Crippen LogP contribution in [0.3, 0.4) is 0 Å². The lowest BCUT2D eigenvalue weighted by Gasteiger charge is -2.11. The molecule has 164 valence electrons. The number of methoxy groups -OCH3 is 1. The van der Waals surface area contributed by atoms with E-state index in [1.165, 1.54) is 18.0 Å². The summed E-state index contributed by atoms with van der Waals surface area (Å²) in [4.78, 5) is 29.9. The Kier molecular flexibility index (Phi) is 6.13. The average Bonchev–Trinajstić information content (AvgIpc) is 3.24. The fraction of sp³-hybridized carbons (Fsp3) is 0.160. The van der Waals surface area contributed by atoms with Gasteiger partial charge in [0, 0.05) is 18.2 Å². The van der Waals surface area contributed by atoms with Crippen molar-refractivity contribution in [1.29, 1.82) is 5.26 Å². The maximum atomic E-state index is 12.7. The van der Waals surface area contributed by atoms with Crippen LogP contribution in [-0.4, -0.2) is 33.6 Å². The van der Waals surface area contributed by atoms with Crippen LogP contribution in [0.5, 0.6) is 5.75 Å². The van der Waals surface area contributed by atoms with Gasteiger partial charge < -0.3 is 10.1 Å². The van der Waals surface area contributed by atoms with Crippen LogP contribution in [0.15, 0.2) is 60.8 Å². The summed E-state index contributed by atoms with van der Waals surface area (Å²) >= 11 is 0. The topological polar surface area (TPSA) is 110 Å². The number of aryl methyl sites for hydroxylation is 1. The highest BCUT2D eigenvalue weighted by molar-refractivity contribution is 6.02. The van der Waals surface area contributed by atoms with E-state index in [2.05, 4.69) is 15.4 Å². The summed E-state index contributed by atoms with van der Waals surface area (Å²) in [6, 6.07) is 18.6. The molecule has 33 heavy (non-hydrogen) atoms. The smallest absolute Gasteiger partial charge is 0.226 e. The molecule has 1 N–H and O–H groups in total. The number of carbonyl (C=O) groups is 2. The molecular weight excluding hydrogens is 418 g/mol. The van der Waals surface area contributed by atoms with Crippen LogP contribution in [0.1, 0.15) is 34.3 Å². The highest BCUT2D eigenvalue weighted by atomic mass is 16.5. The molecule has 2 aromatic heterocycles. The molecule has 2 aromatic carbocycles. The molecule has 8 heteroatoms. The second-order valence-electron chi connectivity index (χ2n) is 7.47. The number of hydrogen-bond acceptors (Lipinski definition) is 6. The van der Waals surface area contributed by atoms with Gasteiger partial charge >= 0.3 is 0 Å². The molecule has 0 aliphatic rings. The van der Waals surface area contributed by atoms with E-state index in [9.17, 15) is 14.9 Å². The summed E-state index contributed by atoms with van der Waals surface area (Å²) in [7, 11) is 1.50. The molecular formula is C25H21N5O3. The predicted octanol–water partition coefficient (Wildman–Crippen LogP) is 4.21. The lowest BCUT2D eigenvalue weighted by molar-refractivity contribution is -0.116. The Balaban J connectivity index is 1.52. The number of para-hydroxylation sites is 1. The largest absolute Gasteiger partial charge is 0.496 e. The number of carbonyl (C=O) groups excluding carboxylic acids is 2. The standard InChI is InChI=1S/C25H21N5O3/c1-16-7-10-22(33-2)19(13-16)21(31)9-12-24(32)29-25-18(14-26)15-27-30(25)23-11-8-17-5-3-4-6-20(17)28-23/h3-8,10-11,13,15H,9,12H2,1-2H3,(H,29,32). The highest BCUT2D eigenvalue weighted by Crippen LogP contribution is 2.23. The number of ether oxygens (including phenoxy) is 1. The van der Waals surface area contributed by atoms with Gasteiger partial charge in [0.2, 0.25) is 5.91 Å². The molecule has 0 saturated carbocycles. The number of hydrogen-bond donors (Lipinski definition) is 1. The number of ketones is 1. The number of nitrogens with one attached hydrogen (secondary N) is 1. The first-order valence-electron chi connectivity index (χ1n) is 10.3. The van der Waals surface area contributed by atoms with Crippen molar-refractivity contribution in [2.45, 2.75) is 19.8 Å². The van der Waals surface area contributed by atoms with Crippen molar-refractivity contribution in [2.24, 2.45) is 0 Å². The van der Waals surface area contributed by atoms with Crippen molar-refractivity contribution >= 4 is 28.4 Å². The van der Waals surface area contributed by atoms with Gasteiger partial charge in [-0.15, -0.1) is 0 Å². The van der Waals surface area contributed by atoms with Gasteiger partial charge in [-0.2, -0.15) is 15.0 Å². The van der Waals surface area contributed by atoms with Crippen molar-refractivity contribution in [1.82, 2.24) is 14.8 Å². The van der Waals surface area contributed by atoms with E-state index in [0.717, 1.165) is 16.5 Å². The van der Waals surface area contributed by atoms with Gasteiger partial charge in [0.15, 0.2) is 17.4 Å². The van der Waals surface area contributed by atoms with E-state index in [4.69, 9.17) is 4.74 Å². The number of rotatable bonds is 7. The van der Waals surface area contributed by atoms with Crippen molar-refractivity contribution in [3.05, 3.63) is 77.5 Å². The molecule has 0 aliphatic heterocycles. The summed E-state index contributed by atoms with van der Waals surface area (Å²) in [5, 5.41) is 17.4. The normalized spacial score (nSPS) is 10.6. The van der Waals surface area contributed by atoms with Crippen LogP contribution < -0.4 is 10.1 Å². The molecule has 0 bridgehead atoms. The molecule has 8 nitrogen and oxygen atoms in total. The molecule has 0 atom stereocenters. The Morgan fingerprint density at radius 3 is 2.73 bits per heavy atom. The molecule has 0 radical (unpaired) electrons. The first-order chi connectivity index (χ1) is 16.0. The zero-order chi connectivity index (χ0) is 23.4. The van der Waals surface area contributed by atoms with Crippen molar-refractivity contribution in [3.63, 3.8) is 0 Å². The van der Waals surface area contributed by atoms with E-state index in [-0.39, 0.29) is 30.0 Å². The molecule has 4 rings (SSSR count). The minimum absolute atomic E-state index is 0.00407. The summed E-state index contributed by atoms with van der Waals surface area (Å²) < 4.78 is 6.67. The van der Waals surface area contributed by atoms with Gasteiger partial charge in [-0.3, -0.25) is 9.59 Å². The minimum atomic E-state index is -0.408. The first kappa shape index (κ1) is 21.7. The first-order valence-corrected chi connectivity index (χ1v) is 10.3. The molecule has 0 spiro atoms. The van der Waals surface area contributed by atoms with Gasteiger partial charge in [0.25, 0.3) is 0 Å². The summed E-state index contributed by atoms with van der Waals surface area (Å²) in [6.45, 7) is 1.88. The van der Waals surface area contributed by atoms with E-state index >= 15 is 0 Å². The number of Topliss-reactive ketones (excluding diaryl/α,β-unsaturated/α-hetero) is 1. The maximum absolute atomic E-state index is 12.7. The van der Waals surface area contributed by atoms with Crippen LogP contribution in [0, 0.1) is 18.3 Å². The zero-order valence-corrected chi connectivity index (χ0v) is 18.2. The Labute approximate surface area is 190 Å². The third kappa shape index (κ3) is 4.57. The molecule has 0 saturated heterocycles. The van der Waals surface area contributed by atoms with Crippen LogP contribution in [-0.2, 0) is 4.79 Å². The summed E-state index contributed by atoms with van der Waals surface area (Å²) in [5.41, 5.74) is 2.33. The number of pyridine rings is 1. The summed E-state index contributed by atoms with van der Waals surface area (Å²) in [5.74, 6) is 0.542. The summed E-state index contributed by atoms with van der Waals surface area (Å²) in [6.07, 6.45) is 1.31. The van der Waals surface area contributed by atoms with E-state index in [1.54, 1.807) is 18.2 Å². The SMILES string of the molecule is COc1ccc(C)cc1C(=O)CCC(=O)Nc1c(C#N)cnn1-c1ccc2ccccc2n1. The Hall–Kier alpha value is -4.51. The van der Waals surface area contributed by atoms with Crippen molar-refractivity contribution < 1.29 is 14.3 Å². The molecule has 0 aliphatic carbocycles. The van der Waals surface area contributed by atoms with Crippen LogP contribution in [0.2, 0.25) is 0 Å². The quantitative estimate of drug-likeness (QED) is 0.432. The van der Waals surface area contributed by atoms with Gasteiger partial charge in [-0.1, -0.05) is 29.8 Å². The molecule has 1 amide bonds. The zero-order valence-electron chi connectivity index (χ0n) is 18.2. The predicted molar refractivity (Wildman–Crippen MR) is 124 cm³/mol. The lowest BCUT2D eigenvalue weighted by Crippen LogP contribution is -2.17. The van der Waals surface area contributed by atoms with Crippen molar-refractivity contribution in [2.75, 3.05) is 12.4 Å². The monoisotopic (exact) mass is 439 g/mol. The van der Waals surface area contributed by atoms with Gasteiger partial charge in [-0.25, -0.2) is 4.98 Å². The highest BCUT2D eigenvalue weighted by Gasteiger charge is 2.18. The van der Waals surface area contributed by atoms with Crippen molar-refractivity contribution in [3.8, 4) is 17.6 Å². The van der Waals surface area contributed by atoms with Gasteiger partial charge in [0.05, 0.1) is 24.4 Å². The lowest BCUT2D eigenvalue weighted by atomic mass is 10.0. The minimum Gasteiger partial charge on any atom is -0.496 e. The maximum Gasteiger partial charge on any atom is 0.226 e. The second-order valence-corrected chi connectivity index (χ2v) is 7.47. The molecule has 4 aromatic rings. The Morgan fingerprint density at radius 2 is 1.94 bits per heavy atom. The van der Waals surface area contributed by atoms with Crippen LogP contribution in [0.25, 0.3) is 16.7 Å².